The summed E-state index contributed by atoms with van der Waals surface area (Å²) in [7, 11) is 0. The first-order valence-corrected chi connectivity index (χ1v) is 5.60. The molecule has 0 aromatic heterocycles. The normalized spacial score (nSPS) is 12.2. The molecule has 0 unspecified atom stereocenters. The van der Waals surface area contributed by atoms with Crippen molar-refractivity contribution in [1.82, 2.24) is 0 Å². The second-order valence-corrected chi connectivity index (χ2v) is 4.16. The van der Waals surface area contributed by atoms with Crippen molar-refractivity contribution in [2.75, 3.05) is 6.61 Å². The van der Waals surface area contributed by atoms with Gasteiger partial charge in [0.25, 0.3) is 0 Å². The number of benzene rings is 1. The summed E-state index contributed by atoms with van der Waals surface area (Å²) < 4.78 is 17.4. The van der Waals surface area contributed by atoms with Gasteiger partial charge in [-0.2, -0.15) is 0 Å². The van der Waals surface area contributed by atoms with E-state index >= 15 is 0 Å². The van der Waals surface area contributed by atoms with E-state index < -0.39 is 0 Å². The fourth-order valence-corrected chi connectivity index (χ4v) is 1.65. The van der Waals surface area contributed by atoms with E-state index in [4.69, 9.17) is 4.74 Å². The van der Waals surface area contributed by atoms with E-state index in [1.165, 1.54) is 12.1 Å². The van der Waals surface area contributed by atoms with Crippen LogP contribution in [-0.2, 0) is 16.0 Å². The van der Waals surface area contributed by atoms with Gasteiger partial charge in [0.2, 0.25) is 0 Å². The van der Waals surface area contributed by atoms with Crippen LogP contribution in [0.25, 0.3) is 0 Å². The number of halogens is 2. The van der Waals surface area contributed by atoms with Crippen LogP contribution >= 0.6 is 15.9 Å². The number of hydrogen-bond donors (Lipinski definition) is 0. The van der Waals surface area contributed by atoms with Gasteiger partial charge in [-0.15, -0.1) is 0 Å². The summed E-state index contributed by atoms with van der Waals surface area (Å²) in [4.78, 5) is 10.9. The molecule has 0 radical (unpaired) electrons. The van der Waals surface area contributed by atoms with Crippen molar-refractivity contribution >= 4 is 21.9 Å². The first-order valence-electron chi connectivity index (χ1n) is 4.68. The van der Waals surface area contributed by atoms with Gasteiger partial charge in [-0.3, -0.25) is 4.79 Å². The maximum absolute atomic E-state index is 12.6. The lowest BCUT2D eigenvalue weighted by atomic mass is 10.1. The van der Waals surface area contributed by atoms with Crippen molar-refractivity contribution in [3.05, 3.63) is 35.6 Å². The number of ether oxygens (including phenoxy) is 1. The maximum atomic E-state index is 12.6. The van der Waals surface area contributed by atoms with Crippen molar-refractivity contribution in [1.29, 1.82) is 0 Å². The summed E-state index contributed by atoms with van der Waals surface area (Å²) in [5, 5.41) is 0. The third kappa shape index (κ3) is 4.00. The Labute approximate surface area is 96.6 Å². The molecule has 0 amide bonds. The van der Waals surface area contributed by atoms with Crippen LogP contribution in [0.5, 0.6) is 0 Å². The summed E-state index contributed by atoms with van der Waals surface area (Å²) in [6.07, 6.45) is 0.499. The minimum absolute atomic E-state index is 0.277. The summed E-state index contributed by atoms with van der Waals surface area (Å²) in [6, 6.07) is 6.06. The Morgan fingerprint density at radius 3 is 2.60 bits per heavy atom. The number of rotatable bonds is 4. The number of carbonyl (C=O) groups is 1. The second kappa shape index (κ2) is 5.85. The van der Waals surface area contributed by atoms with Gasteiger partial charge in [-0.1, -0.05) is 28.1 Å². The molecule has 0 aliphatic carbocycles. The third-order valence-electron chi connectivity index (χ3n) is 1.87. The molecule has 0 saturated carbocycles. The molecule has 15 heavy (non-hydrogen) atoms. The minimum Gasteiger partial charge on any atom is -0.465 e. The van der Waals surface area contributed by atoms with Gasteiger partial charge >= 0.3 is 5.97 Å². The van der Waals surface area contributed by atoms with E-state index in [2.05, 4.69) is 15.9 Å². The van der Waals surface area contributed by atoms with Crippen LogP contribution < -0.4 is 0 Å². The maximum Gasteiger partial charge on any atom is 0.320 e. The van der Waals surface area contributed by atoms with Crippen molar-refractivity contribution in [3.63, 3.8) is 0 Å². The molecule has 4 heteroatoms. The monoisotopic (exact) mass is 274 g/mol. The zero-order chi connectivity index (χ0) is 11.3. The van der Waals surface area contributed by atoms with Gasteiger partial charge in [0.15, 0.2) is 0 Å². The van der Waals surface area contributed by atoms with Crippen molar-refractivity contribution < 1.29 is 13.9 Å². The molecule has 0 aliphatic heterocycles. The van der Waals surface area contributed by atoms with Crippen molar-refractivity contribution in [2.24, 2.45) is 0 Å². The lowest BCUT2D eigenvalue weighted by Crippen LogP contribution is -2.19. The topological polar surface area (TPSA) is 26.3 Å². The predicted octanol–water partition coefficient (Wildman–Crippen LogP) is 2.69. The van der Waals surface area contributed by atoms with Crippen LogP contribution in [0.2, 0.25) is 0 Å². The van der Waals surface area contributed by atoms with Gasteiger partial charge in [0, 0.05) is 0 Å². The molecule has 1 aromatic carbocycles. The Morgan fingerprint density at radius 2 is 2.07 bits per heavy atom. The lowest BCUT2D eigenvalue weighted by molar-refractivity contribution is -0.142. The molecule has 0 spiro atoms. The fourth-order valence-electron chi connectivity index (χ4n) is 1.14. The first kappa shape index (κ1) is 12.2. The number of alkyl halides is 1. The molecule has 1 atom stereocenters. The Bertz CT molecular complexity index is 324. The Hall–Kier alpha value is -0.900. The van der Waals surface area contributed by atoms with Crippen LogP contribution in [0.15, 0.2) is 24.3 Å². The molecule has 0 bridgehead atoms. The number of esters is 1. The molecule has 0 fully saturated rings. The van der Waals surface area contributed by atoms with Crippen LogP contribution in [0.3, 0.4) is 0 Å². The predicted molar refractivity (Wildman–Crippen MR) is 59.5 cm³/mol. The van der Waals surface area contributed by atoms with Crippen molar-refractivity contribution in [3.8, 4) is 0 Å². The minimum atomic E-state index is -0.372. The molecular weight excluding hydrogens is 263 g/mol. The van der Waals surface area contributed by atoms with E-state index in [1.54, 1.807) is 19.1 Å². The van der Waals surface area contributed by atoms with Crippen LogP contribution in [0.4, 0.5) is 4.39 Å². The third-order valence-corrected chi connectivity index (χ3v) is 2.57. The molecule has 82 valence electrons. The highest BCUT2D eigenvalue weighted by atomic mass is 79.9. The Balaban J connectivity index is 2.54. The van der Waals surface area contributed by atoms with Crippen LogP contribution in [-0.4, -0.2) is 17.4 Å². The highest BCUT2D eigenvalue weighted by molar-refractivity contribution is 9.10. The highest BCUT2D eigenvalue weighted by Gasteiger charge is 2.16. The molecule has 0 saturated heterocycles. The van der Waals surface area contributed by atoms with Gasteiger partial charge in [0.1, 0.15) is 10.6 Å². The summed E-state index contributed by atoms with van der Waals surface area (Å²) >= 11 is 3.23. The zero-order valence-corrected chi connectivity index (χ0v) is 9.96. The van der Waals surface area contributed by atoms with Gasteiger partial charge in [-0.25, -0.2) is 4.39 Å². The van der Waals surface area contributed by atoms with E-state index in [0.717, 1.165) is 5.56 Å². The molecule has 0 aliphatic rings. The van der Waals surface area contributed by atoms with Crippen molar-refractivity contribution in [2.45, 2.75) is 18.2 Å². The standard InChI is InChI=1S/C11H12BrFO2/c1-2-15-11(14)10(12)7-8-3-5-9(13)6-4-8/h3-6,10H,2,7H2,1H3/t10-/m1/s1. The number of carbonyl (C=O) groups excluding carboxylic acids is 1. The molecular formula is C11H12BrFO2. The SMILES string of the molecule is CCOC(=O)[C@H](Br)Cc1ccc(F)cc1. The lowest BCUT2D eigenvalue weighted by Gasteiger charge is -2.08. The highest BCUT2D eigenvalue weighted by Crippen LogP contribution is 2.12. The number of hydrogen-bond acceptors (Lipinski definition) is 2. The molecule has 1 aromatic rings. The van der Waals surface area contributed by atoms with E-state index in [-0.39, 0.29) is 16.6 Å². The Kier molecular flexibility index (Phi) is 4.75. The largest absolute Gasteiger partial charge is 0.465 e. The smallest absolute Gasteiger partial charge is 0.320 e. The fraction of sp³-hybridized carbons (Fsp3) is 0.364. The summed E-state index contributed by atoms with van der Waals surface area (Å²) in [6.45, 7) is 2.12. The zero-order valence-electron chi connectivity index (χ0n) is 8.37. The first-order chi connectivity index (χ1) is 7.13. The Morgan fingerprint density at radius 1 is 1.47 bits per heavy atom. The average Bonchev–Trinajstić information content (AvgIpc) is 2.22. The van der Waals surface area contributed by atoms with Crippen LogP contribution in [0, 0.1) is 5.82 Å². The summed E-state index contributed by atoms with van der Waals surface area (Å²) in [5.74, 6) is -0.567. The second-order valence-electron chi connectivity index (χ2n) is 3.05. The average molecular weight is 275 g/mol. The van der Waals surface area contributed by atoms with E-state index in [9.17, 15) is 9.18 Å². The van der Waals surface area contributed by atoms with Crippen LogP contribution in [0.1, 0.15) is 12.5 Å². The quantitative estimate of drug-likeness (QED) is 0.623. The molecule has 2 nitrogen and oxygen atoms in total. The molecule has 0 N–H and O–H groups in total. The molecule has 0 heterocycles. The van der Waals surface area contributed by atoms with E-state index in [1.807, 2.05) is 0 Å². The van der Waals surface area contributed by atoms with Gasteiger partial charge < -0.3 is 4.74 Å². The molecule has 1 rings (SSSR count). The van der Waals surface area contributed by atoms with Gasteiger partial charge in [-0.05, 0) is 31.0 Å². The summed E-state index contributed by atoms with van der Waals surface area (Å²) in [5.41, 5.74) is 0.895. The van der Waals surface area contributed by atoms with Gasteiger partial charge in [0.05, 0.1) is 6.61 Å². The van der Waals surface area contributed by atoms with E-state index in [0.29, 0.717) is 13.0 Å².